The average Bonchev–Trinajstić information content (AvgIpc) is 1.78. The fourth-order valence-corrected chi connectivity index (χ4v) is 0.634. The van der Waals surface area contributed by atoms with Crippen LogP contribution >= 0.6 is 12.2 Å². The lowest BCUT2D eigenvalue weighted by molar-refractivity contribution is 0.139. The molecule has 0 spiro atoms. The SMILES string of the molecule is CC(C)(C)CCOCC(N)=S. The third-order valence-corrected chi connectivity index (χ3v) is 1.36. The second-order valence-corrected chi connectivity index (χ2v) is 4.35. The van der Waals surface area contributed by atoms with Crippen LogP contribution in [0.25, 0.3) is 0 Å². The molecule has 0 aliphatic heterocycles. The zero-order valence-electron chi connectivity index (χ0n) is 7.52. The first-order valence-electron chi connectivity index (χ1n) is 3.78. The van der Waals surface area contributed by atoms with Crippen LogP contribution in [0, 0.1) is 5.41 Å². The van der Waals surface area contributed by atoms with Crippen LogP contribution in [0.3, 0.4) is 0 Å². The third kappa shape index (κ3) is 9.85. The predicted octanol–water partition coefficient (Wildman–Crippen LogP) is 1.73. The van der Waals surface area contributed by atoms with E-state index in [1.807, 2.05) is 0 Å². The average molecular weight is 175 g/mol. The van der Waals surface area contributed by atoms with Crippen LogP contribution in [0.2, 0.25) is 0 Å². The van der Waals surface area contributed by atoms with Gasteiger partial charge in [-0.05, 0) is 11.8 Å². The van der Waals surface area contributed by atoms with E-state index in [4.69, 9.17) is 10.5 Å². The van der Waals surface area contributed by atoms with Crippen molar-refractivity contribution in [3.63, 3.8) is 0 Å². The predicted molar refractivity (Wildman–Crippen MR) is 51.7 cm³/mol. The lowest BCUT2D eigenvalue weighted by Crippen LogP contribution is -2.18. The summed E-state index contributed by atoms with van der Waals surface area (Å²) in [5.74, 6) is 0. The quantitative estimate of drug-likeness (QED) is 0.522. The minimum absolute atomic E-state index is 0.330. The minimum atomic E-state index is 0.330. The monoisotopic (exact) mass is 175 g/mol. The molecule has 0 amide bonds. The van der Waals surface area contributed by atoms with Crippen LogP contribution in [0.1, 0.15) is 27.2 Å². The smallest absolute Gasteiger partial charge is 0.0989 e. The molecule has 0 aliphatic rings. The highest BCUT2D eigenvalue weighted by atomic mass is 32.1. The van der Waals surface area contributed by atoms with E-state index in [0.717, 1.165) is 13.0 Å². The molecule has 2 nitrogen and oxygen atoms in total. The van der Waals surface area contributed by atoms with Crippen molar-refractivity contribution in [2.24, 2.45) is 11.1 Å². The molecule has 11 heavy (non-hydrogen) atoms. The van der Waals surface area contributed by atoms with E-state index >= 15 is 0 Å². The van der Waals surface area contributed by atoms with Crippen molar-refractivity contribution < 1.29 is 4.74 Å². The summed E-state index contributed by atoms with van der Waals surface area (Å²) in [6.45, 7) is 7.68. The molecule has 0 saturated heterocycles. The van der Waals surface area contributed by atoms with Crippen molar-refractivity contribution in [3.8, 4) is 0 Å². The highest BCUT2D eigenvalue weighted by molar-refractivity contribution is 7.80. The number of hydrogen-bond acceptors (Lipinski definition) is 2. The minimum Gasteiger partial charge on any atom is -0.391 e. The molecule has 0 aliphatic carbocycles. The summed E-state index contributed by atoms with van der Waals surface area (Å²) in [5, 5.41) is 0. The topological polar surface area (TPSA) is 35.2 Å². The van der Waals surface area contributed by atoms with Crippen LogP contribution in [0.15, 0.2) is 0 Å². The summed E-state index contributed by atoms with van der Waals surface area (Å²) in [5.41, 5.74) is 5.58. The Kier molecular flexibility index (Phi) is 4.61. The molecule has 3 heteroatoms. The molecule has 0 aromatic carbocycles. The van der Waals surface area contributed by atoms with E-state index in [-0.39, 0.29) is 0 Å². The van der Waals surface area contributed by atoms with Gasteiger partial charge in [-0.2, -0.15) is 0 Å². The molecule has 0 fully saturated rings. The normalized spacial score (nSPS) is 11.5. The van der Waals surface area contributed by atoms with Crippen LogP contribution in [-0.4, -0.2) is 18.2 Å². The molecular weight excluding hydrogens is 158 g/mol. The molecule has 2 N–H and O–H groups in total. The molecule has 0 bridgehead atoms. The Morgan fingerprint density at radius 2 is 2.00 bits per heavy atom. The second kappa shape index (κ2) is 4.67. The largest absolute Gasteiger partial charge is 0.391 e. The molecular formula is C8H17NOS. The highest BCUT2D eigenvalue weighted by Crippen LogP contribution is 2.17. The highest BCUT2D eigenvalue weighted by Gasteiger charge is 2.08. The summed E-state index contributed by atoms with van der Waals surface area (Å²) < 4.78 is 5.20. The van der Waals surface area contributed by atoms with Crippen LogP contribution < -0.4 is 5.73 Å². The molecule has 0 aromatic heterocycles. The van der Waals surface area contributed by atoms with Gasteiger partial charge in [0.1, 0.15) is 0 Å². The Bertz CT molecular complexity index is 129. The summed E-state index contributed by atoms with van der Waals surface area (Å²) >= 11 is 4.66. The molecule has 0 atom stereocenters. The van der Waals surface area contributed by atoms with E-state index in [9.17, 15) is 0 Å². The van der Waals surface area contributed by atoms with Crippen molar-refractivity contribution in [3.05, 3.63) is 0 Å². The Morgan fingerprint density at radius 3 is 2.36 bits per heavy atom. The van der Waals surface area contributed by atoms with Crippen LogP contribution in [0.5, 0.6) is 0 Å². The van der Waals surface area contributed by atoms with Gasteiger partial charge in [0.05, 0.1) is 11.6 Å². The first-order valence-corrected chi connectivity index (χ1v) is 4.19. The van der Waals surface area contributed by atoms with Gasteiger partial charge in [0.25, 0.3) is 0 Å². The Labute approximate surface area is 74.1 Å². The molecule has 0 unspecified atom stereocenters. The summed E-state index contributed by atoms with van der Waals surface area (Å²) in [4.78, 5) is 0.430. The zero-order chi connectivity index (χ0) is 8.91. The van der Waals surface area contributed by atoms with Gasteiger partial charge in [-0.15, -0.1) is 0 Å². The lowest BCUT2D eigenvalue weighted by atomic mass is 9.93. The molecule has 0 heterocycles. The summed E-state index contributed by atoms with van der Waals surface area (Å²) in [7, 11) is 0. The van der Waals surface area contributed by atoms with E-state index < -0.39 is 0 Å². The van der Waals surface area contributed by atoms with Crippen molar-refractivity contribution in [2.75, 3.05) is 13.2 Å². The van der Waals surface area contributed by atoms with Gasteiger partial charge in [0.15, 0.2) is 0 Å². The number of nitrogens with two attached hydrogens (primary N) is 1. The first kappa shape index (κ1) is 10.8. The molecule has 0 radical (unpaired) electrons. The zero-order valence-corrected chi connectivity index (χ0v) is 8.33. The van der Waals surface area contributed by atoms with Crippen molar-refractivity contribution in [2.45, 2.75) is 27.2 Å². The van der Waals surface area contributed by atoms with E-state index in [0.29, 0.717) is 17.0 Å². The van der Waals surface area contributed by atoms with E-state index in [1.165, 1.54) is 0 Å². The molecule has 0 saturated carbocycles. The summed E-state index contributed by atoms with van der Waals surface area (Å²) in [6.07, 6.45) is 1.04. The number of thiocarbonyl (C=S) groups is 1. The van der Waals surface area contributed by atoms with Crippen LogP contribution in [0.4, 0.5) is 0 Å². The van der Waals surface area contributed by atoms with Gasteiger partial charge >= 0.3 is 0 Å². The molecule has 66 valence electrons. The standard InChI is InChI=1S/C8H17NOS/c1-8(2,3)4-5-10-6-7(9)11/h4-6H2,1-3H3,(H2,9,11). The van der Waals surface area contributed by atoms with Gasteiger partial charge in [-0.3, -0.25) is 0 Å². The lowest BCUT2D eigenvalue weighted by Gasteiger charge is -2.17. The third-order valence-electron chi connectivity index (χ3n) is 1.24. The maximum atomic E-state index is 5.25. The second-order valence-electron chi connectivity index (χ2n) is 3.83. The van der Waals surface area contributed by atoms with Gasteiger partial charge in [-0.1, -0.05) is 33.0 Å². The Hall–Kier alpha value is -0.150. The number of hydrogen-bond donors (Lipinski definition) is 1. The summed E-state index contributed by atoms with van der Waals surface area (Å²) in [6, 6.07) is 0. The van der Waals surface area contributed by atoms with Crippen molar-refractivity contribution in [1.29, 1.82) is 0 Å². The van der Waals surface area contributed by atoms with Crippen molar-refractivity contribution >= 4 is 17.2 Å². The molecule has 0 aromatic rings. The van der Waals surface area contributed by atoms with Crippen molar-refractivity contribution in [1.82, 2.24) is 0 Å². The maximum absolute atomic E-state index is 5.25. The Balaban J connectivity index is 3.22. The van der Waals surface area contributed by atoms with Gasteiger partial charge in [0.2, 0.25) is 0 Å². The van der Waals surface area contributed by atoms with E-state index in [1.54, 1.807) is 0 Å². The van der Waals surface area contributed by atoms with Crippen LogP contribution in [-0.2, 0) is 4.74 Å². The fraction of sp³-hybridized carbons (Fsp3) is 0.875. The number of rotatable bonds is 4. The maximum Gasteiger partial charge on any atom is 0.0989 e. The van der Waals surface area contributed by atoms with E-state index in [2.05, 4.69) is 33.0 Å². The van der Waals surface area contributed by atoms with Gasteiger partial charge in [0, 0.05) is 6.61 Å². The first-order chi connectivity index (χ1) is 4.92. The van der Waals surface area contributed by atoms with Gasteiger partial charge in [-0.25, -0.2) is 0 Å². The van der Waals surface area contributed by atoms with Gasteiger partial charge < -0.3 is 10.5 Å². The Morgan fingerprint density at radius 1 is 1.45 bits per heavy atom. The fourth-order valence-electron chi connectivity index (χ4n) is 0.551. The number of ether oxygens (including phenoxy) is 1. The molecule has 0 rings (SSSR count).